The maximum absolute atomic E-state index is 13.8. The van der Waals surface area contributed by atoms with E-state index in [9.17, 15) is 18.4 Å². The van der Waals surface area contributed by atoms with Crippen molar-refractivity contribution < 1.29 is 13.6 Å². The molecule has 0 atom stereocenters. The first-order chi connectivity index (χ1) is 16.5. The summed E-state index contributed by atoms with van der Waals surface area (Å²) in [5.74, 6) is -2.36. The zero-order valence-electron chi connectivity index (χ0n) is 17.9. The van der Waals surface area contributed by atoms with Crippen molar-refractivity contribution in [3.05, 3.63) is 106 Å². The number of nitrogens with one attached hydrogen (secondary N) is 1. The Hall–Kier alpha value is -4.40. The normalized spacial score (nSPS) is 11.2. The van der Waals surface area contributed by atoms with Crippen molar-refractivity contribution in [2.75, 3.05) is 6.54 Å². The standard InChI is InChI=1S/C25H19F2N5O2/c26-18-8-9-20(22(27)12-18)24(33)28-10-11-32-23-21(13-30-32)25(34)31(15-29-23)14-17-6-3-5-16-4-1-2-7-19(16)17/h1-9,12-13,15H,10-11,14H2,(H,28,33). The lowest BCUT2D eigenvalue weighted by Gasteiger charge is -2.10. The van der Waals surface area contributed by atoms with Gasteiger partial charge in [0.15, 0.2) is 5.65 Å². The van der Waals surface area contributed by atoms with Crippen LogP contribution < -0.4 is 10.9 Å². The van der Waals surface area contributed by atoms with Gasteiger partial charge in [0.2, 0.25) is 0 Å². The third-order valence-electron chi connectivity index (χ3n) is 5.63. The van der Waals surface area contributed by atoms with Crippen LogP contribution in [0.4, 0.5) is 8.78 Å². The number of rotatable bonds is 6. The van der Waals surface area contributed by atoms with Crippen molar-refractivity contribution in [3.8, 4) is 0 Å². The highest BCUT2D eigenvalue weighted by molar-refractivity contribution is 5.94. The average molecular weight is 459 g/mol. The molecule has 1 amide bonds. The number of amides is 1. The SMILES string of the molecule is O=C(NCCn1ncc2c(=O)n(Cc3cccc4ccccc34)cnc21)c1ccc(F)cc1F. The molecule has 0 saturated carbocycles. The van der Waals surface area contributed by atoms with Gasteiger partial charge in [-0.1, -0.05) is 42.5 Å². The van der Waals surface area contributed by atoms with Gasteiger partial charge in [-0.3, -0.25) is 14.2 Å². The van der Waals surface area contributed by atoms with Gasteiger partial charge in [-0.25, -0.2) is 18.4 Å². The third-order valence-corrected chi connectivity index (χ3v) is 5.63. The molecule has 0 spiro atoms. The van der Waals surface area contributed by atoms with Gasteiger partial charge in [0.25, 0.3) is 11.5 Å². The van der Waals surface area contributed by atoms with E-state index in [0.29, 0.717) is 23.6 Å². The Morgan fingerprint density at radius 1 is 1.00 bits per heavy atom. The number of benzene rings is 3. The molecule has 34 heavy (non-hydrogen) atoms. The van der Waals surface area contributed by atoms with Gasteiger partial charge in [0, 0.05) is 12.6 Å². The summed E-state index contributed by atoms with van der Waals surface area (Å²) in [4.78, 5) is 29.6. The monoisotopic (exact) mass is 459 g/mol. The Morgan fingerprint density at radius 2 is 1.82 bits per heavy atom. The fourth-order valence-corrected chi connectivity index (χ4v) is 3.93. The van der Waals surface area contributed by atoms with Gasteiger partial charge in [0.05, 0.1) is 24.8 Å². The van der Waals surface area contributed by atoms with Crippen molar-refractivity contribution in [1.82, 2.24) is 24.6 Å². The lowest BCUT2D eigenvalue weighted by Crippen LogP contribution is -2.28. The molecule has 0 fully saturated rings. The van der Waals surface area contributed by atoms with Crippen molar-refractivity contribution in [1.29, 1.82) is 0 Å². The number of carbonyl (C=O) groups is 1. The van der Waals surface area contributed by atoms with E-state index >= 15 is 0 Å². The molecular formula is C25H19F2N5O2. The quantitative estimate of drug-likeness (QED) is 0.421. The van der Waals surface area contributed by atoms with Crippen LogP contribution in [-0.2, 0) is 13.1 Å². The van der Waals surface area contributed by atoms with E-state index in [2.05, 4.69) is 15.4 Å². The second-order valence-electron chi connectivity index (χ2n) is 7.80. The fourth-order valence-electron chi connectivity index (χ4n) is 3.93. The van der Waals surface area contributed by atoms with E-state index in [0.717, 1.165) is 28.5 Å². The molecule has 0 saturated heterocycles. The number of hydrogen-bond acceptors (Lipinski definition) is 4. The summed E-state index contributed by atoms with van der Waals surface area (Å²) >= 11 is 0. The smallest absolute Gasteiger partial charge is 0.264 e. The van der Waals surface area contributed by atoms with Crippen LogP contribution in [0, 0.1) is 11.6 Å². The highest BCUT2D eigenvalue weighted by atomic mass is 19.1. The van der Waals surface area contributed by atoms with E-state index < -0.39 is 17.5 Å². The predicted molar refractivity (Wildman–Crippen MR) is 124 cm³/mol. The molecular weight excluding hydrogens is 440 g/mol. The molecule has 0 aliphatic heterocycles. The van der Waals surface area contributed by atoms with Crippen LogP contribution in [0.5, 0.6) is 0 Å². The third kappa shape index (κ3) is 4.03. The molecule has 2 aromatic heterocycles. The molecule has 7 nitrogen and oxygen atoms in total. The second kappa shape index (κ2) is 8.86. The molecule has 5 aromatic rings. The van der Waals surface area contributed by atoms with Crippen molar-refractivity contribution in [2.24, 2.45) is 0 Å². The molecule has 2 heterocycles. The van der Waals surface area contributed by atoms with E-state index in [1.165, 1.54) is 21.8 Å². The van der Waals surface area contributed by atoms with Gasteiger partial charge >= 0.3 is 0 Å². The van der Waals surface area contributed by atoms with Gasteiger partial charge in [0.1, 0.15) is 23.3 Å². The highest BCUT2D eigenvalue weighted by Gasteiger charge is 2.14. The molecule has 5 rings (SSSR count). The Bertz CT molecular complexity index is 1590. The summed E-state index contributed by atoms with van der Waals surface area (Å²) in [7, 11) is 0. The Kier molecular flexibility index (Phi) is 5.59. The molecule has 1 N–H and O–H groups in total. The minimum atomic E-state index is -0.935. The zero-order chi connectivity index (χ0) is 23.7. The number of fused-ring (bicyclic) bond motifs is 2. The maximum Gasteiger partial charge on any atom is 0.264 e. The predicted octanol–water partition coefficient (Wildman–Crippen LogP) is 3.50. The van der Waals surface area contributed by atoms with Crippen LogP contribution >= 0.6 is 0 Å². The number of carbonyl (C=O) groups excluding carboxylic acids is 1. The fraction of sp³-hybridized carbons (Fsp3) is 0.120. The lowest BCUT2D eigenvalue weighted by molar-refractivity contribution is 0.0948. The van der Waals surface area contributed by atoms with Crippen LogP contribution in [0.3, 0.4) is 0 Å². The minimum absolute atomic E-state index is 0.118. The zero-order valence-corrected chi connectivity index (χ0v) is 17.9. The molecule has 0 unspecified atom stereocenters. The average Bonchev–Trinajstić information content (AvgIpc) is 3.24. The number of halogens is 2. The topological polar surface area (TPSA) is 81.8 Å². The van der Waals surface area contributed by atoms with E-state index in [1.54, 1.807) is 0 Å². The second-order valence-corrected chi connectivity index (χ2v) is 7.80. The molecule has 0 aliphatic carbocycles. The Morgan fingerprint density at radius 3 is 2.68 bits per heavy atom. The summed E-state index contributed by atoms with van der Waals surface area (Å²) in [6.07, 6.45) is 2.93. The van der Waals surface area contributed by atoms with Gasteiger partial charge in [-0.05, 0) is 28.5 Å². The van der Waals surface area contributed by atoms with Crippen LogP contribution in [0.25, 0.3) is 21.8 Å². The first-order valence-electron chi connectivity index (χ1n) is 10.6. The molecule has 170 valence electrons. The van der Waals surface area contributed by atoms with Crippen molar-refractivity contribution >= 4 is 27.7 Å². The maximum atomic E-state index is 13.8. The van der Waals surface area contributed by atoms with E-state index in [-0.39, 0.29) is 24.2 Å². The minimum Gasteiger partial charge on any atom is -0.350 e. The van der Waals surface area contributed by atoms with Crippen molar-refractivity contribution in [2.45, 2.75) is 13.1 Å². The molecule has 0 bridgehead atoms. The van der Waals surface area contributed by atoms with Crippen molar-refractivity contribution in [3.63, 3.8) is 0 Å². The number of aromatic nitrogens is 4. The molecule has 0 aliphatic rings. The summed E-state index contributed by atoms with van der Waals surface area (Å²) in [5.41, 5.74) is 0.925. The molecule has 3 aromatic carbocycles. The lowest BCUT2D eigenvalue weighted by atomic mass is 10.0. The highest BCUT2D eigenvalue weighted by Crippen LogP contribution is 2.19. The van der Waals surface area contributed by atoms with E-state index in [4.69, 9.17) is 0 Å². The van der Waals surface area contributed by atoms with Gasteiger partial charge in [-0.15, -0.1) is 0 Å². The number of hydrogen-bond donors (Lipinski definition) is 1. The van der Waals surface area contributed by atoms with E-state index in [1.807, 2.05) is 42.5 Å². The Balaban J connectivity index is 1.32. The summed E-state index contributed by atoms with van der Waals surface area (Å²) in [5, 5.41) is 9.31. The molecule has 0 radical (unpaired) electrons. The van der Waals surface area contributed by atoms with Crippen LogP contribution in [0.2, 0.25) is 0 Å². The largest absolute Gasteiger partial charge is 0.350 e. The first kappa shape index (κ1) is 21.4. The summed E-state index contributed by atoms with van der Waals surface area (Å²) in [6, 6.07) is 16.7. The first-order valence-corrected chi connectivity index (χ1v) is 10.6. The molecule has 9 heteroatoms. The number of nitrogens with zero attached hydrogens (tertiary/aromatic N) is 4. The summed E-state index contributed by atoms with van der Waals surface area (Å²) < 4.78 is 29.8. The summed E-state index contributed by atoms with van der Waals surface area (Å²) in [6.45, 7) is 0.707. The van der Waals surface area contributed by atoms with Crippen LogP contribution in [-0.4, -0.2) is 31.8 Å². The Labute approximate surface area is 192 Å². The van der Waals surface area contributed by atoms with Gasteiger partial charge < -0.3 is 5.32 Å². The van der Waals surface area contributed by atoms with Crippen LogP contribution in [0.1, 0.15) is 15.9 Å². The van der Waals surface area contributed by atoms with Crippen LogP contribution in [0.15, 0.2) is 78.0 Å². The van der Waals surface area contributed by atoms with Gasteiger partial charge in [-0.2, -0.15) is 5.10 Å².